The first-order valence-electron chi connectivity index (χ1n) is 4.26. The van der Waals surface area contributed by atoms with Crippen molar-refractivity contribution in [1.82, 2.24) is 0 Å². The van der Waals surface area contributed by atoms with Crippen LogP contribution in [0.4, 0.5) is 0 Å². The summed E-state index contributed by atoms with van der Waals surface area (Å²) in [6.45, 7) is 1.50. The van der Waals surface area contributed by atoms with Crippen LogP contribution < -0.4 is 0 Å². The van der Waals surface area contributed by atoms with Crippen molar-refractivity contribution >= 4 is 5.97 Å². The highest BCUT2D eigenvalue weighted by atomic mass is 16.6. The fourth-order valence-corrected chi connectivity index (χ4v) is 1.50. The van der Waals surface area contributed by atoms with E-state index in [4.69, 9.17) is 14.6 Å². The number of hydrogen-bond donors (Lipinski definition) is 3. The van der Waals surface area contributed by atoms with Gasteiger partial charge in [0.05, 0.1) is 6.10 Å². The third-order valence-electron chi connectivity index (χ3n) is 2.34. The Morgan fingerprint density at radius 2 is 1.93 bits per heavy atom. The van der Waals surface area contributed by atoms with Crippen LogP contribution in [-0.2, 0) is 14.3 Å². The largest absolute Gasteiger partial charge is 0.479 e. The van der Waals surface area contributed by atoms with E-state index < -0.39 is 36.5 Å². The van der Waals surface area contributed by atoms with Crippen molar-refractivity contribution in [1.29, 1.82) is 0 Å². The molecule has 0 spiro atoms. The molecular weight excluding hydrogens is 192 g/mol. The third kappa shape index (κ3) is 1.88. The van der Waals surface area contributed by atoms with Crippen molar-refractivity contribution in [2.75, 3.05) is 7.11 Å². The van der Waals surface area contributed by atoms with Gasteiger partial charge in [0.1, 0.15) is 18.3 Å². The van der Waals surface area contributed by atoms with Gasteiger partial charge in [0.2, 0.25) is 0 Å². The number of carboxylic acid groups (broad SMARTS) is 1. The SMILES string of the molecule is CO[C@@H]1C(C(=O)O)OC(C)C(O)C1O. The zero-order chi connectivity index (χ0) is 10.9. The molecule has 1 saturated heterocycles. The Labute approximate surface area is 81.1 Å². The molecule has 82 valence electrons. The number of carbonyl (C=O) groups is 1. The van der Waals surface area contributed by atoms with Gasteiger partial charge in [-0.05, 0) is 6.92 Å². The van der Waals surface area contributed by atoms with E-state index in [0.29, 0.717) is 0 Å². The van der Waals surface area contributed by atoms with Crippen molar-refractivity contribution in [3.63, 3.8) is 0 Å². The standard InChI is InChI=1S/C8H14O6/c1-3-4(9)5(10)6(13-2)7(14-3)8(11)12/h3-7,9-10H,1-2H3,(H,11,12)/t3?,4?,5?,6-,7?/m0/s1. The molecule has 4 unspecified atom stereocenters. The molecule has 1 aliphatic rings. The molecule has 0 amide bonds. The van der Waals surface area contributed by atoms with Gasteiger partial charge in [0, 0.05) is 7.11 Å². The first-order chi connectivity index (χ1) is 6.49. The van der Waals surface area contributed by atoms with E-state index in [0.717, 1.165) is 0 Å². The van der Waals surface area contributed by atoms with Crippen LogP contribution in [0, 0.1) is 0 Å². The Morgan fingerprint density at radius 3 is 2.36 bits per heavy atom. The highest BCUT2D eigenvalue weighted by molar-refractivity contribution is 5.73. The average Bonchev–Trinajstić information content (AvgIpc) is 2.13. The Kier molecular flexibility index (Phi) is 3.43. The summed E-state index contributed by atoms with van der Waals surface area (Å²) in [5.41, 5.74) is 0. The number of methoxy groups -OCH3 is 1. The quantitative estimate of drug-likeness (QED) is 0.514. The molecule has 14 heavy (non-hydrogen) atoms. The van der Waals surface area contributed by atoms with Crippen LogP contribution >= 0.6 is 0 Å². The van der Waals surface area contributed by atoms with E-state index in [-0.39, 0.29) is 0 Å². The third-order valence-corrected chi connectivity index (χ3v) is 2.34. The molecule has 0 aromatic rings. The smallest absolute Gasteiger partial charge is 0.335 e. The van der Waals surface area contributed by atoms with E-state index in [1.54, 1.807) is 0 Å². The number of hydrogen-bond acceptors (Lipinski definition) is 5. The minimum atomic E-state index is -1.25. The summed E-state index contributed by atoms with van der Waals surface area (Å²) in [6.07, 6.45) is -5.38. The molecule has 6 nitrogen and oxygen atoms in total. The second-order valence-corrected chi connectivity index (χ2v) is 3.28. The Bertz CT molecular complexity index is 218. The number of aliphatic carboxylic acids is 1. The maximum atomic E-state index is 10.7. The predicted molar refractivity (Wildman–Crippen MR) is 44.8 cm³/mol. The molecule has 1 fully saturated rings. The van der Waals surface area contributed by atoms with Gasteiger partial charge in [-0.3, -0.25) is 0 Å². The predicted octanol–water partition coefficient (Wildman–Crippen LogP) is -1.40. The Balaban J connectivity index is 2.82. The molecule has 1 rings (SSSR count). The van der Waals surface area contributed by atoms with Gasteiger partial charge in [-0.2, -0.15) is 0 Å². The number of carboxylic acids is 1. The van der Waals surface area contributed by atoms with Gasteiger partial charge < -0.3 is 24.8 Å². The molecule has 0 saturated carbocycles. The van der Waals surface area contributed by atoms with Crippen molar-refractivity contribution in [3.8, 4) is 0 Å². The summed E-state index contributed by atoms with van der Waals surface area (Å²) in [5, 5.41) is 27.7. The topological polar surface area (TPSA) is 96.2 Å². The van der Waals surface area contributed by atoms with Crippen LogP contribution in [0.3, 0.4) is 0 Å². The van der Waals surface area contributed by atoms with Crippen LogP contribution in [0.5, 0.6) is 0 Å². The number of ether oxygens (including phenoxy) is 2. The maximum absolute atomic E-state index is 10.7. The lowest BCUT2D eigenvalue weighted by atomic mass is 9.95. The van der Waals surface area contributed by atoms with Crippen LogP contribution in [0.2, 0.25) is 0 Å². The zero-order valence-electron chi connectivity index (χ0n) is 7.95. The molecule has 6 heteroatoms. The first-order valence-corrected chi connectivity index (χ1v) is 4.26. The Morgan fingerprint density at radius 1 is 1.36 bits per heavy atom. The summed E-state index contributed by atoms with van der Waals surface area (Å²) in [5.74, 6) is -1.21. The summed E-state index contributed by atoms with van der Waals surface area (Å²) in [7, 11) is 1.26. The van der Waals surface area contributed by atoms with Crippen LogP contribution in [0.1, 0.15) is 6.92 Å². The van der Waals surface area contributed by atoms with E-state index in [9.17, 15) is 15.0 Å². The first kappa shape index (κ1) is 11.4. The zero-order valence-corrected chi connectivity index (χ0v) is 7.95. The maximum Gasteiger partial charge on any atom is 0.335 e. The fraction of sp³-hybridized carbons (Fsp3) is 0.875. The second-order valence-electron chi connectivity index (χ2n) is 3.28. The van der Waals surface area contributed by atoms with Crippen molar-refractivity contribution in [3.05, 3.63) is 0 Å². The lowest BCUT2D eigenvalue weighted by Gasteiger charge is -2.39. The molecule has 0 bridgehead atoms. The molecule has 5 atom stereocenters. The molecule has 0 aromatic carbocycles. The van der Waals surface area contributed by atoms with Gasteiger partial charge in [0.15, 0.2) is 6.10 Å². The Hall–Kier alpha value is -0.690. The fourth-order valence-electron chi connectivity index (χ4n) is 1.50. The van der Waals surface area contributed by atoms with Gasteiger partial charge in [-0.25, -0.2) is 4.79 Å². The minimum Gasteiger partial charge on any atom is -0.479 e. The molecular formula is C8H14O6. The summed E-state index contributed by atoms with van der Waals surface area (Å²) in [6, 6.07) is 0. The van der Waals surface area contributed by atoms with E-state index >= 15 is 0 Å². The van der Waals surface area contributed by atoms with Crippen LogP contribution in [0.25, 0.3) is 0 Å². The lowest BCUT2D eigenvalue weighted by Crippen LogP contribution is -2.59. The average molecular weight is 206 g/mol. The number of aliphatic hydroxyl groups excluding tert-OH is 2. The molecule has 1 aliphatic heterocycles. The van der Waals surface area contributed by atoms with Crippen LogP contribution in [0.15, 0.2) is 0 Å². The van der Waals surface area contributed by atoms with Crippen molar-refractivity contribution in [2.45, 2.75) is 37.4 Å². The molecule has 3 N–H and O–H groups in total. The summed E-state index contributed by atoms with van der Waals surface area (Å²) < 4.78 is 9.78. The monoisotopic (exact) mass is 206 g/mol. The lowest BCUT2D eigenvalue weighted by molar-refractivity contribution is -0.229. The van der Waals surface area contributed by atoms with Gasteiger partial charge in [-0.1, -0.05) is 0 Å². The molecule has 0 radical (unpaired) electrons. The highest BCUT2D eigenvalue weighted by Crippen LogP contribution is 2.22. The van der Waals surface area contributed by atoms with E-state index in [1.807, 2.05) is 0 Å². The minimum absolute atomic E-state index is 0.725. The molecule has 1 heterocycles. The van der Waals surface area contributed by atoms with Crippen LogP contribution in [-0.4, -0.2) is 58.9 Å². The second kappa shape index (κ2) is 4.22. The summed E-state index contributed by atoms with van der Waals surface area (Å²) >= 11 is 0. The van der Waals surface area contributed by atoms with Crippen molar-refractivity contribution in [2.24, 2.45) is 0 Å². The number of aliphatic hydroxyl groups is 2. The molecule has 0 aromatic heterocycles. The van der Waals surface area contributed by atoms with Crippen molar-refractivity contribution < 1.29 is 29.6 Å². The summed E-state index contributed by atoms with van der Waals surface area (Å²) in [4.78, 5) is 10.7. The van der Waals surface area contributed by atoms with E-state index in [2.05, 4.69) is 0 Å². The van der Waals surface area contributed by atoms with E-state index in [1.165, 1.54) is 14.0 Å². The van der Waals surface area contributed by atoms with Gasteiger partial charge in [-0.15, -0.1) is 0 Å². The van der Waals surface area contributed by atoms with Gasteiger partial charge >= 0.3 is 5.97 Å². The molecule has 0 aliphatic carbocycles. The normalized spacial score (nSPS) is 43.6. The van der Waals surface area contributed by atoms with Gasteiger partial charge in [0.25, 0.3) is 0 Å². The number of rotatable bonds is 2. The highest BCUT2D eigenvalue weighted by Gasteiger charge is 2.46.